The molecule has 0 spiro atoms. The molecular formula is C23H26BrN5O. The number of carbonyl (C=O) groups excluding carboxylic acids is 1. The maximum Gasteiger partial charge on any atom is 0.227 e. The number of aromatic nitrogens is 3. The van der Waals surface area contributed by atoms with E-state index in [9.17, 15) is 4.79 Å². The summed E-state index contributed by atoms with van der Waals surface area (Å²) in [5.41, 5.74) is 2.21. The molecule has 3 heterocycles. The quantitative estimate of drug-likeness (QED) is 0.557. The summed E-state index contributed by atoms with van der Waals surface area (Å²) < 4.78 is 3.12. The molecule has 1 aliphatic rings. The van der Waals surface area contributed by atoms with Crippen LogP contribution in [0.15, 0.2) is 65.7 Å². The van der Waals surface area contributed by atoms with Gasteiger partial charge in [0.1, 0.15) is 5.82 Å². The summed E-state index contributed by atoms with van der Waals surface area (Å²) in [6.45, 7) is 5.02. The summed E-state index contributed by atoms with van der Waals surface area (Å²) >= 11 is 3.42. The number of imidazole rings is 1. The van der Waals surface area contributed by atoms with E-state index in [0.29, 0.717) is 6.42 Å². The average molecular weight is 468 g/mol. The Hall–Kier alpha value is -2.51. The van der Waals surface area contributed by atoms with E-state index < -0.39 is 0 Å². The molecule has 3 aromatic rings. The standard InChI is InChI=1S/C23H26BrN5O/c24-21-13-20(15-25-16-21)14-23(30)28-9-4-8-27(11-12-28)18-22-26-7-10-29(22)17-19-5-2-1-3-6-19/h1-3,5-7,10,13,15-16H,4,8-9,11-12,14,17-18H2. The molecule has 4 rings (SSSR count). The second kappa shape index (κ2) is 10.00. The van der Waals surface area contributed by atoms with Crippen molar-refractivity contribution in [1.82, 2.24) is 24.3 Å². The molecule has 6 nitrogen and oxygen atoms in total. The minimum absolute atomic E-state index is 0.169. The van der Waals surface area contributed by atoms with Gasteiger partial charge in [-0.1, -0.05) is 30.3 Å². The number of hydrogen-bond donors (Lipinski definition) is 0. The highest BCUT2D eigenvalue weighted by Crippen LogP contribution is 2.14. The molecule has 7 heteroatoms. The van der Waals surface area contributed by atoms with Crippen LogP contribution in [0.25, 0.3) is 0 Å². The van der Waals surface area contributed by atoms with Crippen molar-refractivity contribution in [3.63, 3.8) is 0 Å². The van der Waals surface area contributed by atoms with Crippen molar-refractivity contribution in [3.05, 3.63) is 82.6 Å². The largest absolute Gasteiger partial charge is 0.341 e. The van der Waals surface area contributed by atoms with Crippen LogP contribution in [0.4, 0.5) is 0 Å². The van der Waals surface area contributed by atoms with Gasteiger partial charge < -0.3 is 9.47 Å². The van der Waals surface area contributed by atoms with Gasteiger partial charge in [-0.2, -0.15) is 0 Å². The second-order valence-corrected chi connectivity index (χ2v) is 8.57. The first kappa shape index (κ1) is 20.8. The Balaban J connectivity index is 1.33. The molecule has 0 bridgehead atoms. The summed E-state index contributed by atoms with van der Waals surface area (Å²) in [4.78, 5) is 25.9. The minimum Gasteiger partial charge on any atom is -0.341 e. The Labute approximate surface area is 185 Å². The molecular weight excluding hydrogens is 442 g/mol. The van der Waals surface area contributed by atoms with Gasteiger partial charge in [0.05, 0.1) is 13.0 Å². The molecule has 30 heavy (non-hydrogen) atoms. The third-order valence-corrected chi connectivity index (χ3v) is 5.85. The molecule has 1 aromatic carbocycles. The van der Waals surface area contributed by atoms with E-state index in [1.807, 2.05) is 29.4 Å². The third kappa shape index (κ3) is 5.55. The monoisotopic (exact) mass is 467 g/mol. The van der Waals surface area contributed by atoms with Gasteiger partial charge in [0.15, 0.2) is 0 Å². The Bertz CT molecular complexity index is 974. The fourth-order valence-electron chi connectivity index (χ4n) is 3.83. The van der Waals surface area contributed by atoms with E-state index in [1.165, 1.54) is 5.56 Å². The Morgan fingerprint density at radius 2 is 1.87 bits per heavy atom. The van der Waals surface area contributed by atoms with Gasteiger partial charge in [0, 0.05) is 62.0 Å². The van der Waals surface area contributed by atoms with Crippen LogP contribution < -0.4 is 0 Å². The summed E-state index contributed by atoms with van der Waals surface area (Å²) in [7, 11) is 0. The normalized spacial score (nSPS) is 15.2. The molecule has 1 saturated heterocycles. The van der Waals surface area contributed by atoms with E-state index in [-0.39, 0.29) is 5.91 Å². The van der Waals surface area contributed by atoms with Gasteiger partial charge in [0.25, 0.3) is 0 Å². The number of nitrogens with zero attached hydrogens (tertiary/aromatic N) is 5. The van der Waals surface area contributed by atoms with E-state index >= 15 is 0 Å². The van der Waals surface area contributed by atoms with Gasteiger partial charge in [0.2, 0.25) is 5.91 Å². The van der Waals surface area contributed by atoms with Crippen molar-refractivity contribution in [2.24, 2.45) is 0 Å². The van der Waals surface area contributed by atoms with Crippen molar-refractivity contribution in [2.45, 2.75) is 25.9 Å². The topological polar surface area (TPSA) is 54.3 Å². The van der Waals surface area contributed by atoms with Crippen LogP contribution in [0, 0.1) is 0 Å². The first-order chi connectivity index (χ1) is 14.7. The number of rotatable bonds is 6. The summed E-state index contributed by atoms with van der Waals surface area (Å²) in [5, 5.41) is 0. The lowest BCUT2D eigenvalue weighted by Gasteiger charge is -2.22. The first-order valence-corrected chi connectivity index (χ1v) is 11.1. The first-order valence-electron chi connectivity index (χ1n) is 10.3. The SMILES string of the molecule is O=C(Cc1cncc(Br)c1)N1CCCN(Cc2nccn2Cc2ccccc2)CC1. The summed E-state index contributed by atoms with van der Waals surface area (Å²) in [6, 6.07) is 12.4. The minimum atomic E-state index is 0.169. The van der Waals surface area contributed by atoms with E-state index in [0.717, 1.165) is 61.5 Å². The maximum atomic E-state index is 12.8. The molecule has 0 aliphatic carbocycles. The predicted octanol–water partition coefficient (Wildman–Crippen LogP) is 3.37. The summed E-state index contributed by atoms with van der Waals surface area (Å²) in [5.74, 6) is 1.24. The number of halogens is 1. The Kier molecular flexibility index (Phi) is 6.92. The lowest BCUT2D eigenvalue weighted by Crippen LogP contribution is -2.36. The van der Waals surface area contributed by atoms with Gasteiger partial charge in [-0.25, -0.2) is 4.98 Å². The molecule has 1 aliphatic heterocycles. The number of pyridine rings is 1. The Morgan fingerprint density at radius 3 is 2.70 bits per heavy atom. The lowest BCUT2D eigenvalue weighted by molar-refractivity contribution is -0.130. The van der Waals surface area contributed by atoms with Crippen LogP contribution in [-0.4, -0.2) is 56.4 Å². The zero-order valence-corrected chi connectivity index (χ0v) is 18.5. The van der Waals surface area contributed by atoms with Crippen molar-refractivity contribution in [1.29, 1.82) is 0 Å². The van der Waals surface area contributed by atoms with Crippen LogP contribution in [0.2, 0.25) is 0 Å². The molecule has 0 radical (unpaired) electrons. The van der Waals surface area contributed by atoms with Crippen LogP contribution >= 0.6 is 15.9 Å². The highest BCUT2D eigenvalue weighted by Gasteiger charge is 2.20. The van der Waals surface area contributed by atoms with Gasteiger partial charge in [-0.15, -0.1) is 0 Å². The van der Waals surface area contributed by atoms with E-state index in [2.05, 4.69) is 59.6 Å². The average Bonchev–Trinajstić information content (AvgIpc) is 3.03. The van der Waals surface area contributed by atoms with Crippen molar-refractivity contribution < 1.29 is 4.79 Å². The number of hydrogen-bond acceptors (Lipinski definition) is 4. The fraction of sp³-hybridized carbons (Fsp3) is 0.348. The smallest absolute Gasteiger partial charge is 0.227 e. The highest BCUT2D eigenvalue weighted by molar-refractivity contribution is 9.10. The Morgan fingerprint density at radius 1 is 1.00 bits per heavy atom. The molecule has 0 atom stereocenters. The maximum absolute atomic E-state index is 12.8. The summed E-state index contributed by atoms with van der Waals surface area (Å²) in [6.07, 6.45) is 8.79. The molecule has 1 fully saturated rings. The number of benzene rings is 1. The van der Waals surface area contributed by atoms with Crippen molar-refractivity contribution in [2.75, 3.05) is 26.2 Å². The predicted molar refractivity (Wildman–Crippen MR) is 120 cm³/mol. The zero-order chi connectivity index (χ0) is 20.8. The van der Waals surface area contributed by atoms with Crippen LogP contribution in [0.1, 0.15) is 23.4 Å². The highest BCUT2D eigenvalue weighted by atomic mass is 79.9. The van der Waals surface area contributed by atoms with Gasteiger partial charge in [-0.3, -0.25) is 14.7 Å². The van der Waals surface area contributed by atoms with Crippen LogP contribution in [0.5, 0.6) is 0 Å². The van der Waals surface area contributed by atoms with Crippen LogP contribution in [0.3, 0.4) is 0 Å². The zero-order valence-electron chi connectivity index (χ0n) is 17.0. The molecule has 156 valence electrons. The van der Waals surface area contributed by atoms with Gasteiger partial charge in [-0.05, 0) is 39.5 Å². The van der Waals surface area contributed by atoms with Crippen molar-refractivity contribution >= 4 is 21.8 Å². The lowest BCUT2D eigenvalue weighted by atomic mass is 10.2. The molecule has 2 aromatic heterocycles. The van der Waals surface area contributed by atoms with Gasteiger partial charge >= 0.3 is 0 Å². The third-order valence-electron chi connectivity index (χ3n) is 5.42. The molecule has 0 unspecified atom stereocenters. The molecule has 0 saturated carbocycles. The van der Waals surface area contributed by atoms with E-state index in [4.69, 9.17) is 0 Å². The second-order valence-electron chi connectivity index (χ2n) is 7.66. The van der Waals surface area contributed by atoms with Crippen molar-refractivity contribution in [3.8, 4) is 0 Å². The molecule has 1 amide bonds. The fourth-order valence-corrected chi connectivity index (χ4v) is 4.25. The van der Waals surface area contributed by atoms with E-state index in [1.54, 1.807) is 12.4 Å². The van der Waals surface area contributed by atoms with Crippen LogP contribution in [-0.2, 0) is 24.3 Å². The number of carbonyl (C=O) groups is 1. The molecule has 0 N–H and O–H groups in total. The number of amides is 1.